The van der Waals surface area contributed by atoms with Gasteiger partial charge < -0.3 is 43.4 Å². The van der Waals surface area contributed by atoms with Crippen molar-refractivity contribution >= 4 is 56.4 Å². The number of fused-ring (bicyclic) bond motifs is 7. The molecule has 3 unspecified atom stereocenters. The molecular formula is C64H79N3O9S2. The lowest BCUT2D eigenvalue weighted by Gasteiger charge is -2.35. The second-order valence-corrected chi connectivity index (χ2v) is 25.4. The van der Waals surface area contributed by atoms with Crippen LogP contribution in [0.2, 0.25) is 0 Å². The molecule has 12 nitrogen and oxygen atoms in total. The van der Waals surface area contributed by atoms with E-state index in [-0.39, 0.29) is 47.3 Å². The summed E-state index contributed by atoms with van der Waals surface area (Å²) < 4.78 is 42.4. The monoisotopic (exact) mass is 1100 g/mol. The zero-order valence-corrected chi connectivity index (χ0v) is 48.5. The summed E-state index contributed by atoms with van der Waals surface area (Å²) in [5.74, 6) is 4.61. The first kappa shape index (κ1) is 57.2. The highest BCUT2D eigenvalue weighted by molar-refractivity contribution is 8.77. The van der Waals surface area contributed by atoms with E-state index in [4.69, 9.17) is 38.2 Å². The summed E-state index contributed by atoms with van der Waals surface area (Å²) in [7, 11) is 8.72. The Morgan fingerprint density at radius 3 is 2.10 bits per heavy atom. The van der Waals surface area contributed by atoms with Crippen molar-refractivity contribution < 1.29 is 42.7 Å². The number of Topliss-reactive ketones (excluding diaryl/α,β-unsaturated/α-hetero) is 2. The molecule has 0 aromatic heterocycles. The number of nitrogens with one attached hydrogen (secondary N) is 1. The maximum absolute atomic E-state index is 14.4. The molecule has 14 heteroatoms. The van der Waals surface area contributed by atoms with Gasteiger partial charge in [0.05, 0.1) is 52.9 Å². The van der Waals surface area contributed by atoms with Gasteiger partial charge in [0.1, 0.15) is 13.2 Å². The lowest BCUT2D eigenvalue weighted by atomic mass is 9.69. The van der Waals surface area contributed by atoms with Crippen molar-refractivity contribution in [3.63, 3.8) is 0 Å². The molecule has 0 saturated carbocycles. The van der Waals surface area contributed by atoms with E-state index < -0.39 is 0 Å². The van der Waals surface area contributed by atoms with Crippen molar-refractivity contribution in [1.29, 1.82) is 0 Å². The molecule has 0 fully saturated rings. The zero-order valence-electron chi connectivity index (χ0n) is 46.9. The molecule has 416 valence electrons. The highest BCUT2D eigenvalue weighted by atomic mass is 33.1. The van der Waals surface area contributed by atoms with Gasteiger partial charge in [-0.05, 0) is 127 Å². The van der Waals surface area contributed by atoms with Gasteiger partial charge in [-0.25, -0.2) is 0 Å². The van der Waals surface area contributed by atoms with Gasteiger partial charge in [-0.1, -0.05) is 90.9 Å². The summed E-state index contributed by atoms with van der Waals surface area (Å²) in [5, 5.41) is 3.69. The van der Waals surface area contributed by atoms with Crippen molar-refractivity contribution in [1.82, 2.24) is 0 Å². The van der Waals surface area contributed by atoms with Crippen LogP contribution < -0.4 is 29.2 Å². The van der Waals surface area contributed by atoms with Gasteiger partial charge in [-0.2, -0.15) is 0 Å². The number of methoxy groups -OCH3 is 3. The summed E-state index contributed by atoms with van der Waals surface area (Å²) >= 11 is 0. The Morgan fingerprint density at radius 1 is 0.744 bits per heavy atom. The lowest BCUT2D eigenvalue weighted by molar-refractivity contribution is 0.0264. The molecule has 9 rings (SSSR count). The van der Waals surface area contributed by atoms with Gasteiger partial charge in [0.15, 0.2) is 34.6 Å². The van der Waals surface area contributed by atoms with Gasteiger partial charge in [0.25, 0.3) is 0 Å². The van der Waals surface area contributed by atoms with Crippen LogP contribution in [0.5, 0.6) is 23.0 Å². The number of rotatable bonds is 24. The molecular weight excluding hydrogens is 1020 g/mol. The van der Waals surface area contributed by atoms with Crippen LogP contribution in [0.15, 0.2) is 96.0 Å². The number of ketones is 2. The third-order valence-corrected chi connectivity index (χ3v) is 19.3. The van der Waals surface area contributed by atoms with Gasteiger partial charge in [0.2, 0.25) is 0 Å². The SMILES string of the molecule is COCCOCCOCCN(CC(C)(C)SSCC(C)C)c1cc(COc2cc3c(cc2OC)C(=O)C(C)C2Cc4ccccc4C[C@H]2C=N3)cc(COc2cc3c(cc2OC)C(=O)CCC2c4ccccc4C[C@H]2CN3)c1. The number of carbonyl (C=O) groups is 2. The minimum atomic E-state index is -0.203. The smallest absolute Gasteiger partial charge is 0.168 e. The molecule has 2 aliphatic heterocycles. The van der Waals surface area contributed by atoms with Gasteiger partial charge in [-0.15, -0.1) is 0 Å². The molecule has 5 aromatic rings. The second kappa shape index (κ2) is 26.6. The molecule has 5 aromatic carbocycles. The Labute approximate surface area is 470 Å². The molecule has 2 heterocycles. The number of carbonyl (C=O) groups excluding carboxylic acids is 2. The first-order valence-corrected chi connectivity index (χ1v) is 30.2. The number of benzene rings is 5. The van der Waals surface area contributed by atoms with Crippen molar-refractivity contribution in [3.05, 3.63) is 136 Å². The van der Waals surface area contributed by atoms with Crippen molar-refractivity contribution in [2.75, 3.05) is 90.0 Å². The van der Waals surface area contributed by atoms with Crippen LogP contribution >= 0.6 is 21.6 Å². The summed E-state index contributed by atoms with van der Waals surface area (Å²) in [4.78, 5) is 35.8. The number of anilines is 2. The third kappa shape index (κ3) is 14.1. The van der Waals surface area contributed by atoms with Gasteiger partial charge in [-0.3, -0.25) is 14.6 Å². The fraction of sp³-hybridized carbons (Fsp3) is 0.484. The maximum Gasteiger partial charge on any atom is 0.168 e. The fourth-order valence-electron chi connectivity index (χ4n) is 11.6. The van der Waals surface area contributed by atoms with E-state index in [1.807, 2.05) is 39.8 Å². The van der Waals surface area contributed by atoms with Crippen LogP contribution in [0, 0.1) is 29.6 Å². The Bertz CT molecular complexity index is 2910. The molecule has 2 aliphatic carbocycles. The number of aliphatic imine (C=N–C) groups is 1. The standard InChI is InChI=1S/C64H79N3O9S2/c1-41(2)39-77-78-64(4,5)40-67(19-20-73-23-24-74-22-21-70-6)50-26-43(37-75-61-33-56-54(31-59(61)71-7)58(68)18-17-52-48(35-65-56)29-47-15-11-12-16-51(47)52)25-44(27-50)38-76-62-34-57-55(32-60(62)72-8)63(69)42(3)53-30-46-14-10-9-13-45(46)28-49(53)36-66-57/h9-16,25-27,31-34,36,41-42,48-49,52-53,65H,17-24,28-30,35,37-40H2,1-8H3/t42?,48-,49-,52?,53?/m0/s1. The number of hydrogen-bond acceptors (Lipinski definition) is 14. The highest BCUT2D eigenvalue weighted by Crippen LogP contribution is 2.46. The topological polar surface area (TPSA) is 126 Å². The number of ether oxygens (including phenoxy) is 7. The van der Waals surface area contributed by atoms with Crippen LogP contribution in [-0.4, -0.2) is 102 Å². The molecule has 0 bridgehead atoms. The molecule has 0 amide bonds. The highest BCUT2D eigenvalue weighted by Gasteiger charge is 2.38. The summed E-state index contributed by atoms with van der Waals surface area (Å²) in [5.41, 5.74) is 10.7. The molecule has 78 heavy (non-hydrogen) atoms. The summed E-state index contributed by atoms with van der Waals surface area (Å²) in [6, 6.07) is 31.2. The number of hydrogen-bond donors (Lipinski definition) is 1. The molecule has 5 atom stereocenters. The van der Waals surface area contributed by atoms with E-state index in [2.05, 4.69) is 118 Å². The first-order valence-electron chi connectivity index (χ1n) is 27.8. The summed E-state index contributed by atoms with van der Waals surface area (Å²) in [6.07, 6.45) is 6.01. The van der Waals surface area contributed by atoms with E-state index >= 15 is 0 Å². The van der Waals surface area contributed by atoms with Crippen LogP contribution in [0.1, 0.15) is 107 Å². The van der Waals surface area contributed by atoms with E-state index in [1.165, 1.54) is 22.3 Å². The quantitative estimate of drug-likeness (QED) is 0.0466. The van der Waals surface area contributed by atoms with Gasteiger partial charge in [0, 0.05) is 96.3 Å². The lowest BCUT2D eigenvalue weighted by Crippen LogP contribution is -2.38. The largest absolute Gasteiger partial charge is 0.493 e. The molecule has 0 spiro atoms. The molecule has 0 saturated heterocycles. The van der Waals surface area contributed by atoms with Crippen LogP contribution in [-0.2, 0) is 46.7 Å². The maximum atomic E-state index is 14.4. The minimum absolute atomic E-state index is 0.0673. The first-order chi connectivity index (χ1) is 37.8. The van der Waals surface area contributed by atoms with Crippen molar-refractivity contribution in [2.24, 2.45) is 34.6 Å². The Balaban J connectivity index is 1.01. The normalized spacial score (nSPS) is 19.6. The number of nitrogens with zero attached hydrogens (tertiary/aromatic N) is 2. The minimum Gasteiger partial charge on any atom is -0.493 e. The Kier molecular flexibility index (Phi) is 19.5. The van der Waals surface area contributed by atoms with Crippen molar-refractivity contribution in [2.45, 2.75) is 90.6 Å². The Hall–Kier alpha value is -5.51. The predicted molar refractivity (Wildman–Crippen MR) is 317 cm³/mol. The average molecular weight is 1100 g/mol. The average Bonchev–Trinajstić information content (AvgIpc) is 3.85. The van der Waals surface area contributed by atoms with E-state index in [1.54, 1.807) is 27.4 Å². The molecule has 4 aliphatic rings. The molecule has 1 N–H and O–H groups in total. The molecule has 0 radical (unpaired) electrons. The van der Waals surface area contributed by atoms with Crippen LogP contribution in [0.3, 0.4) is 0 Å². The zero-order chi connectivity index (χ0) is 54.8. The van der Waals surface area contributed by atoms with E-state index in [0.717, 1.165) is 67.0 Å². The predicted octanol–water partition coefficient (Wildman–Crippen LogP) is 13.1. The summed E-state index contributed by atoms with van der Waals surface area (Å²) in [6.45, 7) is 16.2. The van der Waals surface area contributed by atoms with Gasteiger partial charge >= 0.3 is 0 Å². The van der Waals surface area contributed by atoms with Crippen molar-refractivity contribution in [3.8, 4) is 23.0 Å². The van der Waals surface area contributed by atoms with E-state index in [0.29, 0.717) is 104 Å². The Morgan fingerprint density at radius 2 is 1.40 bits per heavy atom. The van der Waals surface area contributed by atoms with E-state index in [9.17, 15) is 9.59 Å². The second-order valence-electron chi connectivity index (χ2n) is 22.4. The third-order valence-electron chi connectivity index (χ3n) is 15.7. The van der Waals surface area contributed by atoms with Crippen LogP contribution in [0.25, 0.3) is 0 Å². The fourth-order valence-corrected chi connectivity index (χ4v) is 14.6. The van der Waals surface area contributed by atoms with Crippen LogP contribution in [0.4, 0.5) is 17.1 Å².